The number of hydrogen-bond donors (Lipinski definition) is 1. The molecule has 0 heterocycles. The van der Waals surface area contributed by atoms with Crippen molar-refractivity contribution in [2.24, 2.45) is 0 Å². The Morgan fingerprint density at radius 3 is 2.24 bits per heavy atom. The highest BCUT2D eigenvalue weighted by atomic mass is 35.5. The molecule has 2 rings (SSSR count). The van der Waals surface area contributed by atoms with Gasteiger partial charge in [0.25, 0.3) is 0 Å². The smallest absolute Gasteiger partial charge is 0.416 e. The maximum Gasteiger partial charge on any atom is 0.416 e. The molecule has 2 N–H and O–H groups in total. The molecule has 0 spiro atoms. The van der Waals surface area contributed by atoms with E-state index in [1.807, 2.05) is 0 Å². The van der Waals surface area contributed by atoms with Gasteiger partial charge in [-0.15, -0.1) is 0 Å². The molecule has 2 aromatic rings. The molecule has 0 aliphatic carbocycles. The third kappa shape index (κ3) is 3.95. The summed E-state index contributed by atoms with van der Waals surface area (Å²) in [5, 5.41) is 0.402. The third-order valence-electron chi connectivity index (χ3n) is 2.66. The molecular weight excluding hydrogens is 326 g/mol. The topological polar surface area (TPSA) is 35.2 Å². The van der Waals surface area contributed by atoms with E-state index < -0.39 is 11.7 Å². The van der Waals surface area contributed by atoms with Crippen molar-refractivity contribution >= 4 is 28.9 Å². The molecule has 21 heavy (non-hydrogen) atoms. The molecular formula is C14H10Cl2F3NO. The van der Waals surface area contributed by atoms with Crippen molar-refractivity contribution in [3.8, 4) is 5.75 Å². The lowest BCUT2D eigenvalue weighted by molar-refractivity contribution is -0.137. The van der Waals surface area contributed by atoms with Gasteiger partial charge in [0, 0.05) is 5.69 Å². The van der Waals surface area contributed by atoms with E-state index in [0.29, 0.717) is 11.3 Å². The molecule has 2 aromatic carbocycles. The fourth-order valence-electron chi connectivity index (χ4n) is 1.71. The van der Waals surface area contributed by atoms with E-state index in [0.717, 1.165) is 12.1 Å². The van der Waals surface area contributed by atoms with Crippen LogP contribution >= 0.6 is 23.2 Å². The lowest BCUT2D eigenvalue weighted by Gasteiger charge is -2.12. The van der Waals surface area contributed by atoms with E-state index in [4.69, 9.17) is 33.7 Å². The minimum atomic E-state index is -4.40. The molecule has 0 amide bonds. The van der Waals surface area contributed by atoms with Crippen LogP contribution in [0.25, 0.3) is 0 Å². The Morgan fingerprint density at radius 2 is 1.67 bits per heavy atom. The van der Waals surface area contributed by atoms with Crippen molar-refractivity contribution < 1.29 is 17.9 Å². The molecule has 112 valence electrons. The molecule has 0 aromatic heterocycles. The van der Waals surface area contributed by atoms with Gasteiger partial charge in [-0.25, -0.2) is 0 Å². The number of hydrogen-bond acceptors (Lipinski definition) is 2. The van der Waals surface area contributed by atoms with Gasteiger partial charge in [-0.3, -0.25) is 0 Å². The second kappa shape index (κ2) is 6.03. The SMILES string of the molecule is Nc1cc(Cl)c(OCc2cccc(C(F)(F)F)c2)c(Cl)c1. The van der Waals surface area contributed by atoms with E-state index in [1.54, 1.807) is 0 Å². The first-order valence-electron chi connectivity index (χ1n) is 5.81. The molecule has 0 radical (unpaired) electrons. The largest absolute Gasteiger partial charge is 0.486 e. The molecule has 7 heteroatoms. The van der Waals surface area contributed by atoms with Crippen LogP contribution in [-0.2, 0) is 12.8 Å². The fourth-order valence-corrected chi connectivity index (χ4v) is 2.32. The maximum absolute atomic E-state index is 12.6. The Balaban J connectivity index is 2.18. The number of anilines is 1. The van der Waals surface area contributed by atoms with Gasteiger partial charge in [0.15, 0.2) is 5.75 Å². The summed E-state index contributed by atoms with van der Waals surface area (Å²) in [4.78, 5) is 0. The van der Waals surface area contributed by atoms with Gasteiger partial charge in [0.1, 0.15) is 6.61 Å². The van der Waals surface area contributed by atoms with Crippen molar-refractivity contribution in [1.29, 1.82) is 0 Å². The summed E-state index contributed by atoms with van der Waals surface area (Å²) in [5.74, 6) is 0.185. The molecule has 0 fully saturated rings. The predicted molar refractivity (Wildman–Crippen MR) is 76.7 cm³/mol. The lowest BCUT2D eigenvalue weighted by atomic mass is 10.1. The molecule has 0 saturated carbocycles. The Hall–Kier alpha value is -1.59. The van der Waals surface area contributed by atoms with Crippen molar-refractivity contribution in [2.45, 2.75) is 12.8 Å². The second-order valence-corrected chi connectivity index (χ2v) is 5.11. The first kappa shape index (κ1) is 15.8. The highest BCUT2D eigenvalue weighted by Gasteiger charge is 2.30. The quantitative estimate of drug-likeness (QED) is 0.785. The first-order chi connectivity index (χ1) is 9.77. The van der Waals surface area contributed by atoms with Crippen LogP contribution in [0.1, 0.15) is 11.1 Å². The van der Waals surface area contributed by atoms with Crippen LogP contribution < -0.4 is 10.5 Å². The summed E-state index contributed by atoms with van der Waals surface area (Å²) in [6, 6.07) is 7.75. The standard InChI is InChI=1S/C14H10Cl2F3NO/c15-11-5-10(20)6-12(16)13(11)21-7-8-2-1-3-9(4-8)14(17,18)19/h1-6H,7,20H2. The van der Waals surface area contributed by atoms with Gasteiger partial charge in [-0.05, 0) is 29.8 Å². The second-order valence-electron chi connectivity index (χ2n) is 4.30. The molecule has 0 unspecified atom stereocenters. The Kier molecular flexibility index (Phi) is 4.54. The Morgan fingerprint density at radius 1 is 1.05 bits per heavy atom. The van der Waals surface area contributed by atoms with Gasteiger partial charge >= 0.3 is 6.18 Å². The molecule has 2 nitrogen and oxygen atoms in total. The van der Waals surface area contributed by atoms with E-state index in [1.165, 1.54) is 24.3 Å². The monoisotopic (exact) mass is 335 g/mol. The summed E-state index contributed by atoms with van der Waals surface area (Å²) in [7, 11) is 0. The minimum absolute atomic E-state index is 0.0900. The highest BCUT2D eigenvalue weighted by Crippen LogP contribution is 2.36. The number of rotatable bonds is 3. The van der Waals surface area contributed by atoms with Crippen LogP contribution in [0.2, 0.25) is 10.0 Å². The van der Waals surface area contributed by atoms with Gasteiger partial charge in [0.05, 0.1) is 15.6 Å². The van der Waals surface area contributed by atoms with E-state index >= 15 is 0 Å². The molecule has 0 aliphatic heterocycles. The summed E-state index contributed by atoms with van der Waals surface area (Å²) in [5.41, 5.74) is 5.54. The van der Waals surface area contributed by atoms with Crippen LogP contribution in [0.15, 0.2) is 36.4 Å². The average molecular weight is 336 g/mol. The van der Waals surface area contributed by atoms with Crippen LogP contribution in [0.4, 0.5) is 18.9 Å². The first-order valence-corrected chi connectivity index (χ1v) is 6.56. The van der Waals surface area contributed by atoms with Gasteiger partial charge < -0.3 is 10.5 Å². The summed E-state index contributed by atoms with van der Waals surface area (Å²) in [6.45, 7) is -0.0900. The lowest BCUT2D eigenvalue weighted by Crippen LogP contribution is -2.06. The Bertz CT molecular complexity index is 636. The summed E-state index contributed by atoms with van der Waals surface area (Å²) in [6.07, 6.45) is -4.40. The van der Waals surface area contributed by atoms with Gasteiger partial charge in [0.2, 0.25) is 0 Å². The average Bonchev–Trinajstić information content (AvgIpc) is 2.36. The zero-order valence-corrected chi connectivity index (χ0v) is 12.1. The van der Waals surface area contributed by atoms with Crippen LogP contribution in [0, 0.1) is 0 Å². The zero-order chi connectivity index (χ0) is 15.6. The van der Waals surface area contributed by atoms with Crippen LogP contribution in [-0.4, -0.2) is 0 Å². The number of ether oxygens (including phenoxy) is 1. The third-order valence-corrected chi connectivity index (χ3v) is 3.22. The van der Waals surface area contributed by atoms with Crippen molar-refractivity contribution in [2.75, 3.05) is 5.73 Å². The number of nitrogens with two attached hydrogens (primary N) is 1. The van der Waals surface area contributed by atoms with Gasteiger partial charge in [-0.1, -0.05) is 35.3 Å². The molecule has 0 atom stereocenters. The summed E-state index contributed by atoms with van der Waals surface area (Å²) >= 11 is 11.9. The highest BCUT2D eigenvalue weighted by molar-refractivity contribution is 6.37. The molecule has 0 aliphatic rings. The van der Waals surface area contributed by atoms with E-state index in [-0.39, 0.29) is 22.4 Å². The minimum Gasteiger partial charge on any atom is -0.486 e. The zero-order valence-electron chi connectivity index (χ0n) is 10.5. The maximum atomic E-state index is 12.6. The Labute approximate surface area is 129 Å². The number of nitrogen functional groups attached to an aromatic ring is 1. The van der Waals surface area contributed by atoms with E-state index in [2.05, 4.69) is 0 Å². The van der Waals surface area contributed by atoms with Crippen molar-refractivity contribution in [3.05, 3.63) is 57.6 Å². The van der Waals surface area contributed by atoms with E-state index in [9.17, 15) is 13.2 Å². The van der Waals surface area contributed by atoms with Crippen LogP contribution in [0.5, 0.6) is 5.75 Å². The number of benzene rings is 2. The van der Waals surface area contributed by atoms with Gasteiger partial charge in [-0.2, -0.15) is 13.2 Å². The van der Waals surface area contributed by atoms with Crippen molar-refractivity contribution in [1.82, 2.24) is 0 Å². The number of halogens is 5. The summed E-state index contributed by atoms with van der Waals surface area (Å²) < 4.78 is 43.2. The van der Waals surface area contributed by atoms with Crippen LogP contribution in [0.3, 0.4) is 0 Å². The molecule has 0 bridgehead atoms. The molecule has 0 saturated heterocycles. The number of alkyl halides is 3. The van der Waals surface area contributed by atoms with Crippen molar-refractivity contribution in [3.63, 3.8) is 0 Å². The predicted octanol–water partition coefficient (Wildman–Crippen LogP) is 5.17. The normalized spacial score (nSPS) is 11.5. The fraction of sp³-hybridized carbons (Fsp3) is 0.143.